The minimum Gasteiger partial charge on any atom is -0.481 e. The summed E-state index contributed by atoms with van der Waals surface area (Å²) >= 11 is 0. The van der Waals surface area contributed by atoms with Gasteiger partial charge in [-0.2, -0.15) is 0 Å². The van der Waals surface area contributed by atoms with Crippen molar-refractivity contribution in [1.82, 2.24) is 0 Å². The molecule has 1 aliphatic rings. The Kier molecular flexibility index (Phi) is 4.22. The quantitative estimate of drug-likeness (QED) is 0.490. The number of unbranched alkanes of at least 4 members (excludes halogenated alkanes) is 2. The van der Waals surface area contributed by atoms with Crippen LogP contribution in [0, 0.1) is 0 Å². The zero-order valence-corrected chi connectivity index (χ0v) is 8.16. The van der Waals surface area contributed by atoms with Crippen LogP contribution in [0.4, 0.5) is 0 Å². The van der Waals surface area contributed by atoms with E-state index in [0.717, 1.165) is 6.42 Å². The first kappa shape index (κ1) is 10.5. The highest BCUT2D eigenvalue weighted by molar-refractivity contribution is 5.66. The molecule has 1 saturated heterocycles. The molecule has 0 unspecified atom stereocenters. The van der Waals surface area contributed by atoms with Crippen molar-refractivity contribution in [2.45, 2.75) is 57.7 Å². The predicted molar refractivity (Wildman–Crippen MR) is 49.7 cm³/mol. The van der Waals surface area contributed by atoms with E-state index in [2.05, 4.69) is 6.92 Å². The largest absolute Gasteiger partial charge is 0.481 e. The number of ether oxygens (including phenoxy) is 1. The molecule has 1 N–H and O–H groups in total. The molecule has 1 fully saturated rings. The van der Waals surface area contributed by atoms with Crippen LogP contribution in [0.15, 0.2) is 0 Å². The van der Waals surface area contributed by atoms with Crippen LogP contribution in [0.3, 0.4) is 0 Å². The van der Waals surface area contributed by atoms with Gasteiger partial charge in [-0.05, 0) is 12.8 Å². The number of epoxide rings is 1. The standard InChI is InChI=1S/C10H18O3/c1-2-3-4-5-8-9(13-8)6-7-10(11)12/h8-9H,2-7H2,1H3,(H,11,12)/t8-,9-/m0/s1. The molecular formula is C10H18O3. The number of rotatable bonds is 7. The molecule has 0 amide bonds. The average molecular weight is 186 g/mol. The van der Waals surface area contributed by atoms with Crippen molar-refractivity contribution < 1.29 is 14.6 Å². The second kappa shape index (κ2) is 5.22. The Morgan fingerprint density at radius 3 is 2.62 bits per heavy atom. The van der Waals surface area contributed by atoms with E-state index in [-0.39, 0.29) is 12.5 Å². The molecule has 0 aliphatic carbocycles. The minimum atomic E-state index is -0.720. The van der Waals surface area contributed by atoms with Gasteiger partial charge in [0.1, 0.15) is 0 Å². The molecular weight excluding hydrogens is 168 g/mol. The molecule has 0 aromatic carbocycles. The van der Waals surface area contributed by atoms with Crippen LogP contribution in [-0.4, -0.2) is 23.3 Å². The van der Waals surface area contributed by atoms with E-state index in [9.17, 15) is 4.79 Å². The zero-order valence-electron chi connectivity index (χ0n) is 8.16. The molecule has 1 rings (SSSR count). The molecule has 76 valence electrons. The summed E-state index contributed by atoms with van der Waals surface area (Å²) in [5, 5.41) is 8.43. The second-order valence-corrected chi connectivity index (χ2v) is 3.64. The van der Waals surface area contributed by atoms with Crippen LogP contribution in [0.5, 0.6) is 0 Å². The lowest BCUT2D eigenvalue weighted by atomic mass is 10.1. The van der Waals surface area contributed by atoms with Gasteiger partial charge in [0.2, 0.25) is 0 Å². The molecule has 13 heavy (non-hydrogen) atoms. The topological polar surface area (TPSA) is 49.8 Å². The lowest BCUT2D eigenvalue weighted by Crippen LogP contribution is -2.00. The molecule has 0 aromatic rings. The zero-order chi connectivity index (χ0) is 9.68. The lowest BCUT2D eigenvalue weighted by Gasteiger charge is -1.93. The number of hydrogen-bond acceptors (Lipinski definition) is 2. The molecule has 1 aliphatic heterocycles. The van der Waals surface area contributed by atoms with E-state index in [4.69, 9.17) is 9.84 Å². The van der Waals surface area contributed by atoms with E-state index in [1.807, 2.05) is 0 Å². The normalized spacial score (nSPS) is 25.9. The monoisotopic (exact) mass is 186 g/mol. The highest BCUT2D eigenvalue weighted by Gasteiger charge is 2.37. The van der Waals surface area contributed by atoms with Crippen LogP contribution < -0.4 is 0 Å². The molecule has 0 spiro atoms. The molecule has 0 radical (unpaired) electrons. The van der Waals surface area contributed by atoms with Gasteiger partial charge in [-0.25, -0.2) is 0 Å². The Bertz CT molecular complexity index is 168. The SMILES string of the molecule is CCCCC[C@@H]1O[C@H]1CCC(=O)O. The van der Waals surface area contributed by atoms with E-state index in [1.165, 1.54) is 19.3 Å². The molecule has 0 saturated carbocycles. The third kappa shape index (κ3) is 4.27. The summed E-state index contributed by atoms with van der Waals surface area (Å²) in [6.45, 7) is 2.18. The number of aliphatic carboxylic acids is 1. The fraction of sp³-hybridized carbons (Fsp3) is 0.900. The van der Waals surface area contributed by atoms with Gasteiger partial charge < -0.3 is 9.84 Å². The third-order valence-electron chi connectivity index (χ3n) is 2.42. The number of carboxylic acids is 1. The summed E-state index contributed by atoms with van der Waals surface area (Å²) in [5.41, 5.74) is 0. The van der Waals surface area contributed by atoms with Crippen molar-refractivity contribution in [2.24, 2.45) is 0 Å². The molecule has 3 heteroatoms. The van der Waals surface area contributed by atoms with E-state index in [1.54, 1.807) is 0 Å². The summed E-state index contributed by atoms with van der Waals surface area (Å²) in [5.74, 6) is -0.720. The summed E-state index contributed by atoms with van der Waals surface area (Å²) in [6.07, 6.45) is 6.35. The maximum atomic E-state index is 10.2. The number of hydrogen-bond donors (Lipinski definition) is 1. The highest BCUT2D eigenvalue weighted by atomic mass is 16.6. The van der Waals surface area contributed by atoms with E-state index in [0.29, 0.717) is 12.5 Å². The van der Waals surface area contributed by atoms with Crippen LogP contribution >= 0.6 is 0 Å². The Labute approximate surface area is 79.1 Å². The summed E-state index contributed by atoms with van der Waals surface area (Å²) in [6, 6.07) is 0. The summed E-state index contributed by atoms with van der Waals surface area (Å²) in [7, 11) is 0. The number of carboxylic acid groups (broad SMARTS) is 1. The van der Waals surface area contributed by atoms with Crippen molar-refractivity contribution in [3.05, 3.63) is 0 Å². The first-order chi connectivity index (χ1) is 6.24. The fourth-order valence-corrected chi connectivity index (χ4v) is 1.55. The van der Waals surface area contributed by atoms with Crippen LogP contribution in [0.25, 0.3) is 0 Å². The molecule has 0 aromatic heterocycles. The first-order valence-corrected chi connectivity index (χ1v) is 5.11. The Morgan fingerprint density at radius 2 is 2.00 bits per heavy atom. The van der Waals surface area contributed by atoms with Crippen molar-refractivity contribution >= 4 is 5.97 Å². The van der Waals surface area contributed by atoms with Crippen molar-refractivity contribution in [3.63, 3.8) is 0 Å². The van der Waals surface area contributed by atoms with Gasteiger partial charge in [-0.15, -0.1) is 0 Å². The molecule has 1 heterocycles. The van der Waals surface area contributed by atoms with Gasteiger partial charge in [0.05, 0.1) is 12.2 Å². The second-order valence-electron chi connectivity index (χ2n) is 3.64. The van der Waals surface area contributed by atoms with Gasteiger partial charge in [-0.3, -0.25) is 4.79 Å². The first-order valence-electron chi connectivity index (χ1n) is 5.11. The van der Waals surface area contributed by atoms with Gasteiger partial charge in [0, 0.05) is 6.42 Å². The summed E-state index contributed by atoms with van der Waals surface area (Å²) in [4.78, 5) is 10.2. The predicted octanol–water partition coefficient (Wildman–Crippen LogP) is 2.20. The maximum Gasteiger partial charge on any atom is 0.303 e. The fourth-order valence-electron chi connectivity index (χ4n) is 1.55. The lowest BCUT2D eigenvalue weighted by molar-refractivity contribution is -0.137. The summed E-state index contributed by atoms with van der Waals surface area (Å²) < 4.78 is 5.35. The van der Waals surface area contributed by atoms with Gasteiger partial charge in [0.15, 0.2) is 0 Å². The highest BCUT2D eigenvalue weighted by Crippen LogP contribution is 2.30. The van der Waals surface area contributed by atoms with Gasteiger partial charge in [0.25, 0.3) is 0 Å². The molecule has 0 bridgehead atoms. The van der Waals surface area contributed by atoms with Crippen molar-refractivity contribution in [3.8, 4) is 0 Å². The molecule has 2 atom stereocenters. The van der Waals surface area contributed by atoms with E-state index >= 15 is 0 Å². The van der Waals surface area contributed by atoms with E-state index < -0.39 is 5.97 Å². The van der Waals surface area contributed by atoms with Crippen molar-refractivity contribution in [1.29, 1.82) is 0 Å². The Morgan fingerprint density at radius 1 is 1.31 bits per heavy atom. The third-order valence-corrected chi connectivity index (χ3v) is 2.42. The Hall–Kier alpha value is -0.570. The van der Waals surface area contributed by atoms with Crippen molar-refractivity contribution in [2.75, 3.05) is 0 Å². The van der Waals surface area contributed by atoms with Crippen LogP contribution in [-0.2, 0) is 9.53 Å². The Balaban J connectivity index is 1.93. The number of carbonyl (C=O) groups is 1. The minimum absolute atomic E-state index is 0.243. The van der Waals surface area contributed by atoms with Crippen LogP contribution in [0.1, 0.15) is 45.4 Å². The van der Waals surface area contributed by atoms with Gasteiger partial charge >= 0.3 is 5.97 Å². The molecule has 3 nitrogen and oxygen atoms in total. The maximum absolute atomic E-state index is 10.2. The van der Waals surface area contributed by atoms with Gasteiger partial charge in [-0.1, -0.05) is 26.2 Å². The van der Waals surface area contributed by atoms with Crippen LogP contribution in [0.2, 0.25) is 0 Å². The smallest absolute Gasteiger partial charge is 0.303 e. The average Bonchev–Trinajstić information content (AvgIpc) is 2.81.